The van der Waals surface area contributed by atoms with Gasteiger partial charge in [-0.2, -0.15) is 0 Å². The summed E-state index contributed by atoms with van der Waals surface area (Å²) in [7, 11) is 1.87. The van der Waals surface area contributed by atoms with E-state index in [9.17, 15) is 0 Å². The first-order chi connectivity index (χ1) is 7.15. The largest absolute Gasteiger partial charge is 0.373 e. The fourth-order valence-corrected chi connectivity index (χ4v) is 1.71. The van der Waals surface area contributed by atoms with Gasteiger partial charge in [-0.05, 0) is 26.0 Å². The minimum atomic E-state index is 0.259. The second kappa shape index (κ2) is 3.89. The number of anilines is 2. The van der Waals surface area contributed by atoms with Gasteiger partial charge in [0.25, 0.3) is 0 Å². The summed E-state index contributed by atoms with van der Waals surface area (Å²) in [5.41, 5.74) is 0.259. The Hall–Kier alpha value is -0.970. The third-order valence-electron chi connectivity index (χ3n) is 2.57. The lowest BCUT2D eigenvalue weighted by atomic mass is 10.3. The van der Waals surface area contributed by atoms with Crippen LogP contribution in [-0.4, -0.2) is 28.8 Å². The molecule has 82 valence electrons. The van der Waals surface area contributed by atoms with E-state index in [0.717, 1.165) is 16.8 Å². The van der Waals surface area contributed by atoms with E-state index in [-0.39, 0.29) is 5.54 Å². The molecule has 0 amide bonds. The lowest BCUT2D eigenvalue weighted by Crippen LogP contribution is -2.17. The zero-order valence-corrected chi connectivity index (χ0v) is 10.1. The van der Waals surface area contributed by atoms with E-state index in [1.165, 1.54) is 12.8 Å². The van der Waals surface area contributed by atoms with E-state index in [4.69, 9.17) is 0 Å². The normalized spacial score (nSPS) is 17.3. The van der Waals surface area contributed by atoms with Crippen molar-refractivity contribution in [2.24, 2.45) is 0 Å². The summed E-state index contributed by atoms with van der Waals surface area (Å²) in [5.74, 6) is 1.78. The lowest BCUT2D eigenvalue weighted by molar-refractivity contribution is 0.810. The highest BCUT2D eigenvalue weighted by Gasteiger charge is 2.37. The molecule has 2 N–H and O–H groups in total. The van der Waals surface area contributed by atoms with E-state index in [2.05, 4.69) is 27.5 Å². The molecule has 0 radical (unpaired) electrons. The Morgan fingerprint density at radius 3 is 2.53 bits per heavy atom. The van der Waals surface area contributed by atoms with E-state index >= 15 is 0 Å². The van der Waals surface area contributed by atoms with Crippen LogP contribution in [-0.2, 0) is 0 Å². The maximum Gasteiger partial charge on any atom is 0.191 e. The van der Waals surface area contributed by atoms with Crippen molar-refractivity contribution in [3.8, 4) is 0 Å². The zero-order valence-electron chi connectivity index (χ0n) is 9.29. The van der Waals surface area contributed by atoms with Gasteiger partial charge in [0.1, 0.15) is 11.6 Å². The molecular weight excluding hydrogens is 208 g/mol. The predicted molar refractivity (Wildman–Crippen MR) is 64.6 cm³/mol. The maximum absolute atomic E-state index is 4.43. The summed E-state index contributed by atoms with van der Waals surface area (Å²) in [5, 5.41) is 7.28. The molecular formula is C10H16N4S. The van der Waals surface area contributed by atoms with Crippen molar-refractivity contribution in [2.45, 2.75) is 30.5 Å². The average molecular weight is 224 g/mol. The Morgan fingerprint density at radius 2 is 2.00 bits per heavy atom. The van der Waals surface area contributed by atoms with Crippen LogP contribution in [0.25, 0.3) is 0 Å². The standard InChI is InChI=1S/C10H16N4S/c1-10(4-5-10)14-8-6-7(11-2)12-9(13-8)15-3/h6H,4-5H2,1-3H3,(H2,11,12,13,14). The van der Waals surface area contributed by atoms with Gasteiger partial charge in [0.2, 0.25) is 0 Å². The van der Waals surface area contributed by atoms with Gasteiger partial charge in [0, 0.05) is 18.7 Å². The molecule has 0 atom stereocenters. The first-order valence-corrected chi connectivity index (χ1v) is 6.27. The fraction of sp³-hybridized carbons (Fsp3) is 0.600. The molecule has 1 aliphatic carbocycles. The first-order valence-electron chi connectivity index (χ1n) is 5.04. The molecule has 1 aromatic rings. The smallest absolute Gasteiger partial charge is 0.191 e. The van der Waals surface area contributed by atoms with Crippen molar-refractivity contribution >= 4 is 23.4 Å². The Morgan fingerprint density at radius 1 is 1.33 bits per heavy atom. The van der Waals surface area contributed by atoms with Crippen LogP contribution < -0.4 is 10.6 Å². The van der Waals surface area contributed by atoms with Crippen molar-refractivity contribution < 1.29 is 0 Å². The number of hydrogen-bond donors (Lipinski definition) is 2. The minimum Gasteiger partial charge on any atom is -0.373 e. The number of rotatable bonds is 4. The van der Waals surface area contributed by atoms with Crippen LogP contribution in [0, 0.1) is 0 Å². The summed E-state index contributed by atoms with van der Waals surface area (Å²) < 4.78 is 0. The summed E-state index contributed by atoms with van der Waals surface area (Å²) in [6.07, 6.45) is 4.43. The summed E-state index contributed by atoms with van der Waals surface area (Å²) in [6, 6.07) is 1.95. The minimum absolute atomic E-state index is 0.259. The van der Waals surface area contributed by atoms with Gasteiger partial charge >= 0.3 is 0 Å². The van der Waals surface area contributed by atoms with E-state index in [1.54, 1.807) is 11.8 Å². The average Bonchev–Trinajstić information content (AvgIpc) is 2.95. The lowest BCUT2D eigenvalue weighted by Gasteiger charge is -2.13. The SMILES string of the molecule is CNc1cc(NC2(C)CC2)nc(SC)n1. The summed E-state index contributed by atoms with van der Waals surface area (Å²) in [4.78, 5) is 8.75. The molecule has 1 aliphatic rings. The molecule has 0 aromatic carbocycles. The third-order valence-corrected chi connectivity index (χ3v) is 3.12. The fourth-order valence-electron chi connectivity index (χ4n) is 1.33. The molecule has 15 heavy (non-hydrogen) atoms. The third kappa shape index (κ3) is 2.53. The Balaban J connectivity index is 2.21. The van der Waals surface area contributed by atoms with Gasteiger partial charge in [-0.25, -0.2) is 9.97 Å². The molecule has 4 nitrogen and oxygen atoms in total. The van der Waals surface area contributed by atoms with Crippen LogP contribution in [0.5, 0.6) is 0 Å². The summed E-state index contributed by atoms with van der Waals surface area (Å²) >= 11 is 1.56. The molecule has 0 spiro atoms. The van der Waals surface area contributed by atoms with Crippen molar-refractivity contribution in [1.82, 2.24) is 9.97 Å². The van der Waals surface area contributed by atoms with Gasteiger partial charge in [-0.15, -0.1) is 0 Å². The second-order valence-electron chi connectivity index (χ2n) is 4.06. The number of hydrogen-bond acceptors (Lipinski definition) is 5. The van der Waals surface area contributed by atoms with E-state index in [1.807, 2.05) is 19.4 Å². The van der Waals surface area contributed by atoms with Crippen molar-refractivity contribution in [2.75, 3.05) is 23.9 Å². The van der Waals surface area contributed by atoms with Crippen molar-refractivity contribution in [3.05, 3.63) is 6.07 Å². The molecule has 1 heterocycles. The Labute approximate surface area is 94.3 Å². The van der Waals surface area contributed by atoms with Crippen LogP contribution in [0.2, 0.25) is 0 Å². The molecule has 0 unspecified atom stereocenters. The second-order valence-corrected chi connectivity index (χ2v) is 4.83. The molecule has 2 rings (SSSR count). The van der Waals surface area contributed by atoms with Gasteiger partial charge in [0.05, 0.1) is 0 Å². The van der Waals surface area contributed by atoms with Gasteiger partial charge in [0.15, 0.2) is 5.16 Å². The zero-order chi connectivity index (χ0) is 10.9. The number of aromatic nitrogens is 2. The quantitative estimate of drug-likeness (QED) is 0.606. The van der Waals surface area contributed by atoms with Gasteiger partial charge < -0.3 is 10.6 Å². The molecule has 0 bridgehead atoms. The van der Waals surface area contributed by atoms with Crippen LogP contribution in [0.3, 0.4) is 0 Å². The molecule has 0 saturated heterocycles. The monoisotopic (exact) mass is 224 g/mol. The molecule has 1 saturated carbocycles. The van der Waals surface area contributed by atoms with Gasteiger partial charge in [-0.3, -0.25) is 0 Å². The van der Waals surface area contributed by atoms with Crippen LogP contribution in [0.1, 0.15) is 19.8 Å². The maximum atomic E-state index is 4.43. The summed E-state index contributed by atoms with van der Waals surface area (Å²) in [6.45, 7) is 2.22. The molecule has 0 aliphatic heterocycles. The van der Waals surface area contributed by atoms with Crippen LogP contribution in [0.4, 0.5) is 11.6 Å². The number of thioether (sulfide) groups is 1. The van der Waals surface area contributed by atoms with Crippen LogP contribution in [0.15, 0.2) is 11.2 Å². The highest BCUT2D eigenvalue weighted by Crippen LogP contribution is 2.38. The first kappa shape index (κ1) is 10.5. The molecule has 1 aromatic heterocycles. The Kier molecular flexibility index (Phi) is 2.73. The van der Waals surface area contributed by atoms with Gasteiger partial charge in [-0.1, -0.05) is 11.8 Å². The van der Waals surface area contributed by atoms with Crippen molar-refractivity contribution in [1.29, 1.82) is 0 Å². The van der Waals surface area contributed by atoms with Crippen LogP contribution >= 0.6 is 11.8 Å². The topological polar surface area (TPSA) is 49.8 Å². The van der Waals surface area contributed by atoms with E-state index in [0.29, 0.717) is 0 Å². The number of nitrogens with one attached hydrogen (secondary N) is 2. The molecule has 1 fully saturated rings. The molecule has 5 heteroatoms. The Bertz CT molecular complexity index is 340. The van der Waals surface area contributed by atoms with E-state index < -0.39 is 0 Å². The predicted octanol–water partition coefficient (Wildman–Crippen LogP) is 2.20. The highest BCUT2D eigenvalue weighted by molar-refractivity contribution is 7.98. The number of nitrogens with zero attached hydrogens (tertiary/aromatic N) is 2. The van der Waals surface area contributed by atoms with Crippen molar-refractivity contribution in [3.63, 3.8) is 0 Å². The highest BCUT2D eigenvalue weighted by atomic mass is 32.2.